The summed E-state index contributed by atoms with van der Waals surface area (Å²) in [6.07, 6.45) is 7.63. The van der Waals surface area contributed by atoms with Crippen LogP contribution >= 0.6 is 0 Å². The summed E-state index contributed by atoms with van der Waals surface area (Å²) in [5, 5.41) is 17.3. The maximum absolute atomic E-state index is 10.6. The molecule has 4 nitrogen and oxygen atoms in total. The molecule has 0 aromatic carbocycles. The van der Waals surface area contributed by atoms with Crippen molar-refractivity contribution in [2.75, 3.05) is 0 Å². The molecule has 4 heteroatoms. The van der Waals surface area contributed by atoms with Crippen LogP contribution in [-0.4, -0.2) is 22.2 Å². The maximum atomic E-state index is 10.6. The molecule has 0 bridgehead atoms. The van der Waals surface area contributed by atoms with Crippen LogP contribution in [0.25, 0.3) is 0 Å². The van der Waals surface area contributed by atoms with Crippen LogP contribution in [0.1, 0.15) is 51.4 Å². The lowest BCUT2D eigenvalue weighted by Crippen LogP contribution is -2.12. The zero-order valence-corrected chi connectivity index (χ0v) is 10.2. The van der Waals surface area contributed by atoms with E-state index in [0.717, 1.165) is 32.1 Å². The topological polar surface area (TPSA) is 74.6 Å². The van der Waals surface area contributed by atoms with Crippen LogP contribution in [-0.2, 0) is 9.59 Å². The van der Waals surface area contributed by atoms with Gasteiger partial charge in [0.05, 0.1) is 0 Å². The Morgan fingerprint density at radius 2 is 1.53 bits per heavy atom. The molecule has 0 aromatic rings. The van der Waals surface area contributed by atoms with E-state index in [0.29, 0.717) is 6.42 Å². The molecule has 98 valence electrons. The fraction of sp³-hybridized carbons (Fsp3) is 0.692. The first-order chi connectivity index (χ1) is 8.06. The molecule has 17 heavy (non-hydrogen) atoms. The van der Waals surface area contributed by atoms with Gasteiger partial charge >= 0.3 is 11.9 Å². The van der Waals surface area contributed by atoms with E-state index in [1.54, 1.807) is 0 Å². The van der Waals surface area contributed by atoms with E-state index in [9.17, 15) is 9.59 Å². The number of unbranched alkanes of at least 4 members (excludes halogenated alkanes) is 4. The summed E-state index contributed by atoms with van der Waals surface area (Å²) in [6, 6.07) is 0. The van der Waals surface area contributed by atoms with Crippen LogP contribution < -0.4 is 0 Å². The van der Waals surface area contributed by atoms with Gasteiger partial charge in [0, 0.05) is 12.8 Å². The fourth-order valence-corrected chi connectivity index (χ4v) is 1.85. The highest BCUT2D eigenvalue weighted by atomic mass is 16.4. The molecule has 0 saturated heterocycles. The van der Waals surface area contributed by atoms with Gasteiger partial charge in [0.2, 0.25) is 0 Å². The van der Waals surface area contributed by atoms with Crippen LogP contribution in [0, 0.1) is 5.92 Å². The first kappa shape index (κ1) is 15.7. The summed E-state index contributed by atoms with van der Waals surface area (Å²) in [5.41, 5.74) is 0. The highest BCUT2D eigenvalue weighted by Crippen LogP contribution is 2.18. The summed E-state index contributed by atoms with van der Waals surface area (Å²) in [7, 11) is 0. The number of hydrogen-bond donors (Lipinski definition) is 2. The van der Waals surface area contributed by atoms with Crippen molar-refractivity contribution in [3.8, 4) is 0 Å². The van der Waals surface area contributed by atoms with Gasteiger partial charge < -0.3 is 10.2 Å². The van der Waals surface area contributed by atoms with E-state index in [-0.39, 0.29) is 18.8 Å². The summed E-state index contributed by atoms with van der Waals surface area (Å²) < 4.78 is 0. The second-order valence-corrected chi connectivity index (χ2v) is 4.34. The van der Waals surface area contributed by atoms with Crippen molar-refractivity contribution in [1.82, 2.24) is 0 Å². The lowest BCUT2D eigenvalue weighted by Gasteiger charge is -2.11. The second-order valence-electron chi connectivity index (χ2n) is 4.34. The van der Waals surface area contributed by atoms with Crippen LogP contribution in [0.2, 0.25) is 0 Å². The van der Waals surface area contributed by atoms with Crippen molar-refractivity contribution in [3.63, 3.8) is 0 Å². The van der Waals surface area contributed by atoms with E-state index < -0.39 is 11.9 Å². The molecule has 0 aliphatic heterocycles. The average Bonchev–Trinajstić information content (AvgIpc) is 2.21. The number of carbonyl (C=O) groups is 2. The van der Waals surface area contributed by atoms with E-state index in [4.69, 9.17) is 10.2 Å². The van der Waals surface area contributed by atoms with Gasteiger partial charge in [0.25, 0.3) is 0 Å². The lowest BCUT2D eigenvalue weighted by atomic mass is 9.94. The molecular weight excluding hydrogens is 220 g/mol. The lowest BCUT2D eigenvalue weighted by molar-refractivity contribution is -0.140. The van der Waals surface area contributed by atoms with Crippen molar-refractivity contribution in [2.45, 2.75) is 51.4 Å². The van der Waals surface area contributed by atoms with Crippen LogP contribution in [0.4, 0.5) is 0 Å². The minimum absolute atomic E-state index is 0.0427. The molecular formula is C13H22O4. The summed E-state index contributed by atoms with van der Waals surface area (Å²) in [5.74, 6) is -2.06. The molecule has 0 spiro atoms. The van der Waals surface area contributed by atoms with Gasteiger partial charge in [0.15, 0.2) is 0 Å². The Kier molecular flexibility index (Phi) is 9.11. The number of rotatable bonds is 11. The number of hydrogen-bond acceptors (Lipinski definition) is 2. The molecule has 0 atom stereocenters. The second kappa shape index (κ2) is 9.87. The highest BCUT2D eigenvalue weighted by Gasteiger charge is 2.16. The highest BCUT2D eigenvalue weighted by molar-refractivity contribution is 5.70. The van der Waals surface area contributed by atoms with Crippen LogP contribution in [0.5, 0.6) is 0 Å². The Labute approximate surface area is 102 Å². The minimum atomic E-state index is -0.914. The normalized spacial score (nSPS) is 10.4. The zero-order chi connectivity index (χ0) is 13.1. The summed E-state index contributed by atoms with van der Waals surface area (Å²) in [4.78, 5) is 21.1. The third-order valence-electron chi connectivity index (χ3n) is 2.70. The third-order valence-corrected chi connectivity index (χ3v) is 2.70. The molecule has 0 rings (SSSR count). The van der Waals surface area contributed by atoms with Gasteiger partial charge in [-0.2, -0.15) is 0 Å². The van der Waals surface area contributed by atoms with Crippen molar-refractivity contribution in [1.29, 1.82) is 0 Å². The van der Waals surface area contributed by atoms with Crippen molar-refractivity contribution >= 4 is 11.9 Å². The van der Waals surface area contributed by atoms with E-state index >= 15 is 0 Å². The Morgan fingerprint density at radius 1 is 1.00 bits per heavy atom. The van der Waals surface area contributed by atoms with Crippen LogP contribution in [0.15, 0.2) is 12.7 Å². The van der Waals surface area contributed by atoms with Gasteiger partial charge in [-0.25, -0.2) is 0 Å². The molecule has 0 aromatic heterocycles. The van der Waals surface area contributed by atoms with Crippen LogP contribution in [0.3, 0.4) is 0 Å². The maximum Gasteiger partial charge on any atom is 0.303 e. The largest absolute Gasteiger partial charge is 0.481 e. The Morgan fingerprint density at radius 3 is 2.00 bits per heavy atom. The number of allylic oxidation sites excluding steroid dienone is 1. The molecule has 2 N–H and O–H groups in total. The summed E-state index contributed by atoms with van der Waals surface area (Å²) in [6.45, 7) is 3.64. The number of aliphatic carboxylic acids is 2. The van der Waals surface area contributed by atoms with Crippen molar-refractivity contribution < 1.29 is 19.8 Å². The number of carboxylic acid groups (broad SMARTS) is 2. The molecule has 0 unspecified atom stereocenters. The SMILES string of the molecule is C=CCCCCCCC(CC(=O)O)CC(=O)O. The van der Waals surface area contributed by atoms with Gasteiger partial charge in [0.1, 0.15) is 0 Å². The number of carboxylic acids is 2. The zero-order valence-electron chi connectivity index (χ0n) is 10.2. The molecule has 0 aliphatic rings. The Bertz CT molecular complexity index is 232. The molecule has 0 fully saturated rings. The first-order valence-electron chi connectivity index (χ1n) is 6.10. The Balaban J connectivity index is 3.71. The van der Waals surface area contributed by atoms with Gasteiger partial charge in [-0.3, -0.25) is 9.59 Å². The van der Waals surface area contributed by atoms with E-state index in [2.05, 4.69) is 6.58 Å². The molecule has 0 aliphatic carbocycles. The van der Waals surface area contributed by atoms with Crippen molar-refractivity contribution in [3.05, 3.63) is 12.7 Å². The quantitative estimate of drug-likeness (QED) is 0.431. The predicted octanol–water partition coefficient (Wildman–Crippen LogP) is 3.08. The monoisotopic (exact) mass is 242 g/mol. The molecule has 0 radical (unpaired) electrons. The average molecular weight is 242 g/mol. The van der Waals surface area contributed by atoms with Gasteiger partial charge in [-0.05, 0) is 25.2 Å². The molecule has 0 amide bonds. The third kappa shape index (κ3) is 11.0. The van der Waals surface area contributed by atoms with Crippen molar-refractivity contribution in [2.24, 2.45) is 5.92 Å². The molecule has 0 saturated carbocycles. The Hall–Kier alpha value is -1.32. The summed E-state index contributed by atoms with van der Waals surface area (Å²) >= 11 is 0. The van der Waals surface area contributed by atoms with Gasteiger partial charge in [-0.1, -0.05) is 25.3 Å². The standard InChI is InChI=1S/C13H22O4/c1-2-3-4-5-6-7-8-11(9-12(14)15)10-13(16)17/h2,11H,1,3-10H2,(H,14,15)(H,16,17). The molecule has 0 heterocycles. The smallest absolute Gasteiger partial charge is 0.303 e. The van der Waals surface area contributed by atoms with E-state index in [1.165, 1.54) is 0 Å². The minimum Gasteiger partial charge on any atom is -0.481 e. The van der Waals surface area contributed by atoms with Gasteiger partial charge in [-0.15, -0.1) is 6.58 Å². The first-order valence-corrected chi connectivity index (χ1v) is 6.10. The van der Waals surface area contributed by atoms with E-state index in [1.807, 2.05) is 6.08 Å². The predicted molar refractivity (Wildman–Crippen MR) is 65.9 cm³/mol. The fourth-order valence-electron chi connectivity index (χ4n) is 1.85.